The second-order valence-electron chi connectivity index (χ2n) is 7.20. The van der Waals surface area contributed by atoms with Gasteiger partial charge < -0.3 is 14.8 Å². The minimum absolute atomic E-state index is 0.0874. The van der Waals surface area contributed by atoms with Gasteiger partial charge in [-0.25, -0.2) is 19.2 Å². The number of anilines is 1. The second-order valence-corrected chi connectivity index (χ2v) is 7.20. The van der Waals surface area contributed by atoms with Crippen molar-refractivity contribution in [2.24, 2.45) is 0 Å². The Morgan fingerprint density at radius 2 is 1.74 bits per heavy atom. The van der Waals surface area contributed by atoms with Crippen molar-refractivity contribution in [3.8, 4) is 0 Å². The second kappa shape index (κ2) is 8.50. The van der Waals surface area contributed by atoms with Crippen molar-refractivity contribution in [2.75, 3.05) is 38.0 Å². The van der Waals surface area contributed by atoms with E-state index in [1.54, 1.807) is 11.0 Å². The predicted molar refractivity (Wildman–Crippen MR) is 106 cm³/mol. The molecule has 0 unspecified atom stereocenters. The molecule has 31 heavy (non-hydrogen) atoms. The summed E-state index contributed by atoms with van der Waals surface area (Å²) < 4.78 is 54.3. The van der Waals surface area contributed by atoms with E-state index in [1.807, 2.05) is 4.90 Å². The van der Waals surface area contributed by atoms with Gasteiger partial charge in [-0.3, -0.25) is 4.90 Å². The minimum Gasteiger partial charge on any atom is -0.322 e. The molecule has 0 aliphatic carbocycles. The van der Waals surface area contributed by atoms with Gasteiger partial charge in [0.2, 0.25) is 5.82 Å². The lowest BCUT2D eigenvalue weighted by molar-refractivity contribution is -0.147. The molecule has 1 saturated heterocycles. The highest BCUT2D eigenvalue weighted by Crippen LogP contribution is 2.30. The summed E-state index contributed by atoms with van der Waals surface area (Å²) in [6.07, 6.45) is -3.13. The molecule has 0 bridgehead atoms. The topological polar surface area (TPSA) is 66.3 Å². The lowest BCUT2D eigenvalue weighted by Gasteiger charge is -2.34. The molecule has 1 fully saturated rings. The normalized spacial score (nSPS) is 15.4. The van der Waals surface area contributed by atoms with E-state index in [2.05, 4.69) is 15.3 Å². The highest BCUT2D eigenvalue weighted by molar-refractivity contribution is 5.89. The van der Waals surface area contributed by atoms with Gasteiger partial charge in [0.15, 0.2) is 5.65 Å². The summed E-state index contributed by atoms with van der Waals surface area (Å²) in [5, 5.41) is 2.71. The molecule has 0 saturated carbocycles. The van der Waals surface area contributed by atoms with Crippen molar-refractivity contribution < 1.29 is 22.4 Å². The zero-order valence-electron chi connectivity index (χ0n) is 16.4. The van der Waals surface area contributed by atoms with E-state index in [-0.39, 0.29) is 29.6 Å². The molecule has 2 amide bonds. The van der Waals surface area contributed by atoms with Gasteiger partial charge in [-0.05, 0) is 36.4 Å². The number of hydrogen-bond acceptors (Lipinski definition) is 4. The molecule has 0 spiro atoms. The van der Waals surface area contributed by atoms with Gasteiger partial charge in [0, 0.05) is 51.2 Å². The van der Waals surface area contributed by atoms with Gasteiger partial charge in [-0.2, -0.15) is 13.2 Å². The Kier molecular flexibility index (Phi) is 5.77. The predicted octanol–water partition coefficient (Wildman–Crippen LogP) is 3.44. The van der Waals surface area contributed by atoms with Crippen LogP contribution in [0.5, 0.6) is 0 Å². The Balaban J connectivity index is 1.35. The zero-order valence-corrected chi connectivity index (χ0v) is 16.4. The van der Waals surface area contributed by atoms with Crippen LogP contribution in [0.2, 0.25) is 0 Å². The largest absolute Gasteiger partial charge is 0.449 e. The summed E-state index contributed by atoms with van der Waals surface area (Å²) in [6.45, 7) is 2.38. The van der Waals surface area contributed by atoms with E-state index >= 15 is 0 Å². The maximum Gasteiger partial charge on any atom is 0.449 e. The van der Waals surface area contributed by atoms with Gasteiger partial charge in [0.25, 0.3) is 0 Å². The maximum atomic E-state index is 13.4. The fourth-order valence-electron chi connectivity index (χ4n) is 3.54. The number of nitrogens with zero attached hydrogens (tertiary/aromatic N) is 5. The quantitative estimate of drug-likeness (QED) is 0.637. The number of imidazole rings is 1. The summed E-state index contributed by atoms with van der Waals surface area (Å²) in [5.74, 6) is -1.35. The highest BCUT2D eigenvalue weighted by Gasteiger charge is 2.38. The first-order valence-corrected chi connectivity index (χ1v) is 9.73. The van der Waals surface area contributed by atoms with E-state index in [0.29, 0.717) is 38.4 Å². The van der Waals surface area contributed by atoms with Crippen LogP contribution in [-0.4, -0.2) is 63.1 Å². The number of alkyl halides is 3. The Labute approximate surface area is 175 Å². The van der Waals surface area contributed by atoms with Crippen molar-refractivity contribution in [3.63, 3.8) is 0 Å². The minimum atomic E-state index is -4.57. The third-order valence-electron chi connectivity index (χ3n) is 5.15. The number of carbonyl (C=O) groups is 1. The van der Waals surface area contributed by atoms with E-state index in [9.17, 15) is 22.4 Å². The summed E-state index contributed by atoms with van der Waals surface area (Å²) in [4.78, 5) is 23.7. The number of hydrogen-bond donors (Lipinski definition) is 1. The van der Waals surface area contributed by atoms with Crippen molar-refractivity contribution in [1.82, 2.24) is 24.3 Å². The molecule has 3 aromatic rings. The molecular formula is C20H20F4N6O. The third-order valence-corrected chi connectivity index (χ3v) is 5.15. The zero-order chi connectivity index (χ0) is 22.0. The lowest BCUT2D eigenvalue weighted by Crippen LogP contribution is -2.50. The maximum absolute atomic E-state index is 13.4. The average molecular weight is 436 g/mol. The lowest BCUT2D eigenvalue weighted by atomic mass is 10.3. The molecule has 3 heterocycles. The van der Waals surface area contributed by atoms with Gasteiger partial charge in [0.1, 0.15) is 11.3 Å². The Morgan fingerprint density at radius 3 is 2.42 bits per heavy atom. The van der Waals surface area contributed by atoms with Crippen LogP contribution in [0.25, 0.3) is 11.2 Å². The van der Waals surface area contributed by atoms with Crippen LogP contribution in [-0.2, 0) is 12.7 Å². The summed E-state index contributed by atoms with van der Waals surface area (Å²) in [7, 11) is 0. The van der Waals surface area contributed by atoms with Gasteiger partial charge >= 0.3 is 12.2 Å². The van der Waals surface area contributed by atoms with E-state index in [1.165, 1.54) is 36.5 Å². The number of benzene rings is 1. The first-order valence-electron chi connectivity index (χ1n) is 9.73. The number of fused-ring (bicyclic) bond motifs is 1. The number of nitrogens with one attached hydrogen (secondary N) is 1. The van der Waals surface area contributed by atoms with Crippen LogP contribution in [0.15, 0.2) is 42.6 Å². The number of carbonyl (C=O) groups excluding carboxylic acids is 1. The monoisotopic (exact) mass is 436 g/mol. The van der Waals surface area contributed by atoms with Crippen LogP contribution in [0.4, 0.5) is 28.0 Å². The van der Waals surface area contributed by atoms with Crippen molar-refractivity contribution in [3.05, 3.63) is 54.2 Å². The molecule has 164 valence electrons. The fraction of sp³-hybridized carbons (Fsp3) is 0.350. The number of halogens is 4. The summed E-state index contributed by atoms with van der Waals surface area (Å²) in [6, 6.07) is 8.24. The number of amides is 2. The molecule has 11 heteroatoms. The van der Waals surface area contributed by atoms with Crippen molar-refractivity contribution >= 4 is 22.9 Å². The molecule has 0 radical (unpaired) electrons. The molecule has 1 N–H and O–H groups in total. The Hall–Kier alpha value is -3.21. The number of piperazine rings is 1. The third kappa shape index (κ3) is 4.76. The first kappa shape index (κ1) is 21.0. The van der Waals surface area contributed by atoms with Crippen LogP contribution >= 0.6 is 0 Å². The van der Waals surface area contributed by atoms with Gasteiger partial charge in [-0.15, -0.1) is 0 Å². The molecule has 1 aliphatic rings. The number of rotatable bonds is 4. The van der Waals surface area contributed by atoms with E-state index < -0.39 is 12.0 Å². The van der Waals surface area contributed by atoms with Crippen molar-refractivity contribution in [2.45, 2.75) is 12.7 Å². The van der Waals surface area contributed by atoms with Crippen LogP contribution in [0.1, 0.15) is 5.82 Å². The van der Waals surface area contributed by atoms with Crippen molar-refractivity contribution in [1.29, 1.82) is 0 Å². The number of urea groups is 1. The number of aromatic nitrogens is 3. The van der Waals surface area contributed by atoms with Crippen LogP contribution in [0, 0.1) is 5.82 Å². The average Bonchev–Trinajstić information content (AvgIpc) is 3.13. The molecule has 1 aromatic carbocycles. The smallest absolute Gasteiger partial charge is 0.322 e. The summed E-state index contributed by atoms with van der Waals surface area (Å²) in [5.41, 5.74) is 0.900. The fourth-order valence-corrected chi connectivity index (χ4v) is 3.54. The standard InChI is InChI=1S/C20H20F4N6O/c21-14-3-5-15(6-4-14)26-19(31)29-11-8-28(9-12-29)10-13-30-17-16(2-1-7-25-17)27-18(30)20(22,23)24/h1-7H,8-13H2,(H,26,31). The Morgan fingerprint density at radius 1 is 1.03 bits per heavy atom. The SMILES string of the molecule is O=C(Nc1ccc(F)cc1)N1CCN(CCn2c(C(F)(F)F)nc3cccnc32)CC1. The van der Waals surface area contributed by atoms with E-state index in [4.69, 9.17) is 0 Å². The molecule has 2 aromatic heterocycles. The molecular weight excluding hydrogens is 416 g/mol. The summed E-state index contributed by atoms with van der Waals surface area (Å²) >= 11 is 0. The van der Waals surface area contributed by atoms with Crippen LogP contribution < -0.4 is 5.32 Å². The molecule has 4 rings (SSSR count). The van der Waals surface area contributed by atoms with Gasteiger partial charge in [-0.1, -0.05) is 0 Å². The van der Waals surface area contributed by atoms with Crippen LogP contribution in [0.3, 0.4) is 0 Å². The highest BCUT2D eigenvalue weighted by atomic mass is 19.4. The molecule has 1 aliphatic heterocycles. The van der Waals surface area contributed by atoms with E-state index in [0.717, 1.165) is 4.57 Å². The molecule has 0 atom stereocenters. The Bertz CT molecular complexity index is 1060. The van der Waals surface area contributed by atoms with Gasteiger partial charge in [0.05, 0.1) is 0 Å². The number of pyridine rings is 1. The molecule has 7 nitrogen and oxygen atoms in total. The first-order chi connectivity index (χ1) is 14.8.